The van der Waals surface area contributed by atoms with Crippen molar-refractivity contribution in [1.82, 2.24) is 24.8 Å². The number of carbonyl (C=O) groups excluding carboxylic acids is 1. The topological polar surface area (TPSA) is 83.9 Å². The van der Waals surface area contributed by atoms with Crippen LogP contribution in [0.15, 0.2) is 24.5 Å². The van der Waals surface area contributed by atoms with Crippen LogP contribution in [-0.4, -0.2) is 37.3 Å². The van der Waals surface area contributed by atoms with Gasteiger partial charge in [-0.2, -0.15) is 0 Å². The van der Waals surface area contributed by atoms with Gasteiger partial charge in [0.15, 0.2) is 5.82 Å². The number of amides is 1. The van der Waals surface area contributed by atoms with Crippen LogP contribution in [0.5, 0.6) is 0 Å². The summed E-state index contributed by atoms with van der Waals surface area (Å²) in [7, 11) is 0. The predicted molar refractivity (Wildman–Crippen MR) is 81.4 cm³/mol. The molecule has 0 spiro atoms. The van der Waals surface area contributed by atoms with Crippen molar-refractivity contribution in [3.05, 3.63) is 36.0 Å². The van der Waals surface area contributed by atoms with Crippen LogP contribution >= 0.6 is 0 Å². The van der Waals surface area contributed by atoms with E-state index >= 15 is 0 Å². The van der Waals surface area contributed by atoms with Gasteiger partial charge in [0.1, 0.15) is 5.82 Å². The first-order valence-corrected chi connectivity index (χ1v) is 7.30. The summed E-state index contributed by atoms with van der Waals surface area (Å²) in [5.74, 6) is 1.87. The molecule has 0 bridgehead atoms. The second kappa shape index (κ2) is 6.05. The number of nitrogens with zero attached hydrogens (tertiary/aromatic N) is 5. The van der Waals surface area contributed by atoms with E-state index in [2.05, 4.69) is 25.3 Å². The lowest BCUT2D eigenvalue weighted by molar-refractivity contribution is -0.129. The summed E-state index contributed by atoms with van der Waals surface area (Å²) in [6, 6.07) is 3.55. The van der Waals surface area contributed by atoms with E-state index in [0.717, 1.165) is 25.1 Å². The molecule has 0 saturated carbocycles. The summed E-state index contributed by atoms with van der Waals surface area (Å²) in [4.78, 5) is 30.9. The number of nitrogens with one attached hydrogen (secondary N) is 1. The van der Waals surface area contributed by atoms with Crippen molar-refractivity contribution in [1.29, 1.82) is 0 Å². The molecule has 1 N–H and O–H groups in total. The third-order valence-electron chi connectivity index (χ3n) is 3.63. The Bertz CT molecular complexity index is 675. The zero-order chi connectivity index (χ0) is 15.5. The first-order chi connectivity index (χ1) is 10.6. The minimum absolute atomic E-state index is 0.0466. The summed E-state index contributed by atoms with van der Waals surface area (Å²) in [6.45, 7) is 4.27. The Labute approximate surface area is 128 Å². The van der Waals surface area contributed by atoms with Gasteiger partial charge in [-0.25, -0.2) is 19.9 Å². The van der Waals surface area contributed by atoms with Crippen LogP contribution < -0.4 is 5.32 Å². The number of aromatic nitrogens is 4. The SMILES string of the molecule is CC(=O)N1CCC[C@@H]1c1nc(C)cc(Nc2ncccn2)n1. The molecule has 0 radical (unpaired) electrons. The quantitative estimate of drug-likeness (QED) is 0.933. The van der Waals surface area contributed by atoms with Gasteiger partial charge in [-0.1, -0.05) is 0 Å². The van der Waals surface area contributed by atoms with Crippen LogP contribution in [0.2, 0.25) is 0 Å². The Morgan fingerprint density at radius 3 is 2.82 bits per heavy atom. The van der Waals surface area contributed by atoms with E-state index in [1.54, 1.807) is 25.4 Å². The van der Waals surface area contributed by atoms with Gasteiger partial charge < -0.3 is 10.2 Å². The Balaban J connectivity index is 1.88. The van der Waals surface area contributed by atoms with Crippen molar-refractivity contribution in [2.75, 3.05) is 11.9 Å². The van der Waals surface area contributed by atoms with Crippen molar-refractivity contribution in [2.24, 2.45) is 0 Å². The van der Waals surface area contributed by atoms with Crippen molar-refractivity contribution in [3.8, 4) is 0 Å². The van der Waals surface area contributed by atoms with Crippen molar-refractivity contribution in [3.63, 3.8) is 0 Å². The van der Waals surface area contributed by atoms with E-state index < -0.39 is 0 Å². The monoisotopic (exact) mass is 298 g/mol. The maximum atomic E-state index is 11.7. The highest BCUT2D eigenvalue weighted by Crippen LogP contribution is 2.30. The number of anilines is 2. The van der Waals surface area contributed by atoms with Crippen LogP contribution in [0.4, 0.5) is 11.8 Å². The third-order valence-corrected chi connectivity index (χ3v) is 3.63. The summed E-state index contributed by atoms with van der Waals surface area (Å²) < 4.78 is 0. The van der Waals surface area contributed by atoms with Crippen molar-refractivity contribution >= 4 is 17.7 Å². The number of likely N-dealkylation sites (tertiary alicyclic amines) is 1. The lowest BCUT2D eigenvalue weighted by atomic mass is 10.2. The number of carbonyl (C=O) groups is 1. The minimum Gasteiger partial charge on any atom is -0.333 e. The Morgan fingerprint density at radius 2 is 2.09 bits per heavy atom. The molecular formula is C15H18N6O. The highest BCUT2D eigenvalue weighted by atomic mass is 16.2. The molecule has 0 aromatic carbocycles. The predicted octanol–water partition coefficient (Wildman–Crippen LogP) is 2.00. The molecule has 1 aliphatic heterocycles. The molecule has 7 nitrogen and oxygen atoms in total. The molecule has 3 heterocycles. The molecule has 22 heavy (non-hydrogen) atoms. The molecule has 114 valence electrons. The van der Waals surface area contributed by atoms with Gasteiger partial charge >= 0.3 is 0 Å². The lowest BCUT2D eigenvalue weighted by Crippen LogP contribution is -2.29. The number of rotatable bonds is 3. The number of aryl methyl sites for hydroxylation is 1. The van der Waals surface area contributed by atoms with E-state index in [9.17, 15) is 4.79 Å². The zero-order valence-corrected chi connectivity index (χ0v) is 12.7. The first-order valence-electron chi connectivity index (χ1n) is 7.30. The molecule has 3 rings (SSSR count). The van der Waals surface area contributed by atoms with E-state index in [1.807, 2.05) is 17.9 Å². The van der Waals surface area contributed by atoms with Gasteiger partial charge in [-0.05, 0) is 25.8 Å². The van der Waals surface area contributed by atoms with E-state index in [1.165, 1.54) is 0 Å². The highest BCUT2D eigenvalue weighted by molar-refractivity contribution is 5.74. The van der Waals surface area contributed by atoms with Crippen LogP contribution in [0.1, 0.15) is 37.3 Å². The molecule has 2 aromatic heterocycles. The second-order valence-corrected chi connectivity index (χ2v) is 5.32. The van der Waals surface area contributed by atoms with E-state index in [0.29, 0.717) is 17.6 Å². The van der Waals surface area contributed by atoms with Crippen LogP contribution in [0, 0.1) is 6.92 Å². The molecule has 2 aromatic rings. The van der Waals surface area contributed by atoms with E-state index in [-0.39, 0.29) is 11.9 Å². The largest absolute Gasteiger partial charge is 0.333 e. The van der Waals surface area contributed by atoms with Gasteiger partial charge in [0.05, 0.1) is 6.04 Å². The summed E-state index contributed by atoms with van der Waals surface area (Å²) >= 11 is 0. The molecule has 1 amide bonds. The van der Waals surface area contributed by atoms with Gasteiger partial charge in [0, 0.05) is 37.6 Å². The summed E-state index contributed by atoms with van der Waals surface area (Å²) in [5, 5.41) is 3.08. The molecule has 1 atom stereocenters. The average molecular weight is 298 g/mol. The first kappa shape index (κ1) is 14.4. The fourth-order valence-electron chi connectivity index (χ4n) is 2.69. The highest BCUT2D eigenvalue weighted by Gasteiger charge is 2.30. The van der Waals surface area contributed by atoms with Crippen LogP contribution in [0.3, 0.4) is 0 Å². The molecule has 7 heteroatoms. The standard InChI is InChI=1S/C15H18N6O/c1-10-9-13(20-15-16-6-4-7-17-15)19-14(18-10)12-5-3-8-21(12)11(2)22/h4,6-7,9,12H,3,5,8H2,1-2H3,(H,16,17,18,19,20)/t12-/m1/s1. The minimum atomic E-state index is -0.0466. The molecule has 0 unspecified atom stereocenters. The maximum absolute atomic E-state index is 11.7. The maximum Gasteiger partial charge on any atom is 0.228 e. The van der Waals surface area contributed by atoms with Crippen LogP contribution in [0.25, 0.3) is 0 Å². The molecule has 1 aliphatic rings. The molecule has 1 fully saturated rings. The lowest BCUT2D eigenvalue weighted by Gasteiger charge is -2.22. The van der Waals surface area contributed by atoms with E-state index in [4.69, 9.17) is 0 Å². The Morgan fingerprint density at radius 1 is 1.32 bits per heavy atom. The Kier molecular flexibility index (Phi) is 3.95. The number of hydrogen-bond acceptors (Lipinski definition) is 6. The number of hydrogen-bond donors (Lipinski definition) is 1. The van der Waals surface area contributed by atoms with Gasteiger partial charge in [0.2, 0.25) is 11.9 Å². The fourth-order valence-corrected chi connectivity index (χ4v) is 2.69. The molecule has 0 aliphatic carbocycles. The molecule has 1 saturated heterocycles. The van der Waals surface area contributed by atoms with Gasteiger partial charge in [-0.15, -0.1) is 0 Å². The smallest absolute Gasteiger partial charge is 0.228 e. The van der Waals surface area contributed by atoms with Crippen molar-refractivity contribution < 1.29 is 4.79 Å². The summed E-state index contributed by atoms with van der Waals surface area (Å²) in [6.07, 6.45) is 5.20. The Hall–Kier alpha value is -2.57. The zero-order valence-electron chi connectivity index (χ0n) is 12.7. The van der Waals surface area contributed by atoms with Crippen LogP contribution in [-0.2, 0) is 4.79 Å². The van der Waals surface area contributed by atoms with Gasteiger partial charge in [-0.3, -0.25) is 4.79 Å². The fraction of sp³-hybridized carbons (Fsp3) is 0.400. The van der Waals surface area contributed by atoms with Crippen molar-refractivity contribution in [2.45, 2.75) is 32.7 Å². The second-order valence-electron chi connectivity index (χ2n) is 5.32. The summed E-state index contributed by atoms with van der Waals surface area (Å²) in [5.41, 5.74) is 0.846. The molecular weight excluding hydrogens is 280 g/mol. The third kappa shape index (κ3) is 3.03. The average Bonchev–Trinajstić information content (AvgIpc) is 2.97. The normalized spacial score (nSPS) is 17.5. The van der Waals surface area contributed by atoms with Gasteiger partial charge in [0.25, 0.3) is 0 Å².